The van der Waals surface area contributed by atoms with E-state index in [1.807, 2.05) is 24.3 Å². The van der Waals surface area contributed by atoms with E-state index in [1.54, 1.807) is 30.3 Å². The van der Waals surface area contributed by atoms with Crippen molar-refractivity contribution in [2.75, 3.05) is 38.5 Å². The summed E-state index contributed by atoms with van der Waals surface area (Å²) in [5.74, 6) is -0.760. The van der Waals surface area contributed by atoms with Crippen molar-refractivity contribution in [3.05, 3.63) is 54.6 Å². The van der Waals surface area contributed by atoms with Crippen LogP contribution >= 0.6 is 23.1 Å². The van der Waals surface area contributed by atoms with Crippen molar-refractivity contribution in [1.82, 2.24) is 14.2 Å². The number of piperazine rings is 1. The summed E-state index contributed by atoms with van der Waals surface area (Å²) in [6.45, 7) is 0.547. The van der Waals surface area contributed by atoms with Crippen LogP contribution in [0.5, 0.6) is 0 Å². The first-order valence-electron chi connectivity index (χ1n) is 9.90. The highest BCUT2D eigenvalue weighted by molar-refractivity contribution is 8.01. The normalized spacial score (nSPS) is 15.1. The van der Waals surface area contributed by atoms with Crippen LogP contribution in [0.25, 0.3) is 10.2 Å². The summed E-state index contributed by atoms with van der Waals surface area (Å²) in [6, 6.07) is 16.0. The molecule has 3 aromatic rings. The first kappa shape index (κ1) is 22.7. The molecule has 4 rings (SSSR count). The molecule has 1 amide bonds. The number of aromatic nitrogens is 1. The molecular formula is C21H21N3O5S3. The van der Waals surface area contributed by atoms with Gasteiger partial charge >= 0.3 is 5.97 Å². The Morgan fingerprint density at radius 1 is 1.00 bits per heavy atom. The molecule has 0 radical (unpaired) electrons. The first-order chi connectivity index (χ1) is 15.4. The topological polar surface area (TPSA) is 96.9 Å². The average Bonchev–Trinajstić information content (AvgIpc) is 3.25. The highest BCUT2D eigenvalue weighted by atomic mass is 32.2. The molecule has 0 unspecified atom stereocenters. The fourth-order valence-electron chi connectivity index (χ4n) is 3.23. The number of esters is 1. The van der Waals surface area contributed by atoms with E-state index in [0.717, 1.165) is 14.6 Å². The summed E-state index contributed by atoms with van der Waals surface area (Å²) in [7, 11) is -3.58. The maximum atomic E-state index is 12.7. The van der Waals surface area contributed by atoms with Gasteiger partial charge in [0.25, 0.3) is 5.91 Å². The molecule has 8 nitrogen and oxygen atoms in total. The van der Waals surface area contributed by atoms with E-state index in [-0.39, 0.29) is 49.3 Å². The Morgan fingerprint density at radius 3 is 2.41 bits per heavy atom. The zero-order valence-electron chi connectivity index (χ0n) is 17.0. The zero-order chi connectivity index (χ0) is 22.6. The van der Waals surface area contributed by atoms with E-state index in [0.29, 0.717) is 0 Å². The number of hydrogen-bond donors (Lipinski definition) is 0. The van der Waals surface area contributed by atoms with E-state index < -0.39 is 16.0 Å². The number of para-hydroxylation sites is 1. The highest BCUT2D eigenvalue weighted by Crippen LogP contribution is 2.29. The number of thiazole rings is 1. The number of thioether (sulfide) groups is 1. The minimum atomic E-state index is -3.58. The molecular weight excluding hydrogens is 470 g/mol. The van der Waals surface area contributed by atoms with Crippen molar-refractivity contribution < 1.29 is 22.7 Å². The van der Waals surface area contributed by atoms with Crippen LogP contribution in [0.15, 0.2) is 63.8 Å². The third-order valence-electron chi connectivity index (χ3n) is 4.92. The Morgan fingerprint density at radius 2 is 1.69 bits per heavy atom. The molecule has 0 atom stereocenters. The van der Waals surface area contributed by atoms with Gasteiger partial charge in [0.2, 0.25) is 10.0 Å². The SMILES string of the molecule is O=C(CSc1nc2ccccc2s1)OCC(=O)N1CCN(S(=O)(=O)c2ccccc2)CC1. The zero-order valence-corrected chi connectivity index (χ0v) is 19.5. The average molecular weight is 492 g/mol. The Hall–Kier alpha value is -2.47. The number of nitrogens with zero attached hydrogens (tertiary/aromatic N) is 3. The third-order valence-corrected chi connectivity index (χ3v) is 8.98. The van der Waals surface area contributed by atoms with Crippen molar-refractivity contribution in [3.63, 3.8) is 0 Å². The predicted octanol–water partition coefficient (Wildman–Crippen LogP) is 2.46. The fraction of sp³-hybridized carbons (Fsp3) is 0.286. The maximum absolute atomic E-state index is 12.7. The highest BCUT2D eigenvalue weighted by Gasteiger charge is 2.30. The molecule has 1 aliphatic rings. The lowest BCUT2D eigenvalue weighted by Gasteiger charge is -2.33. The van der Waals surface area contributed by atoms with Crippen molar-refractivity contribution >= 4 is 55.2 Å². The minimum absolute atomic E-state index is 0.0657. The molecule has 0 saturated carbocycles. The molecule has 0 bridgehead atoms. The molecule has 32 heavy (non-hydrogen) atoms. The summed E-state index contributed by atoms with van der Waals surface area (Å²) >= 11 is 2.78. The number of fused-ring (bicyclic) bond motifs is 1. The lowest BCUT2D eigenvalue weighted by atomic mass is 10.3. The Kier molecular flexibility index (Phi) is 7.09. The number of rotatable bonds is 7. The van der Waals surface area contributed by atoms with Gasteiger partial charge in [-0.3, -0.25) is 9.59 Å². The van der Waals surface area contributed by atoms with Gasteiger partial charge in [-0.25, -0.2) is 13.4 Å². The molecule has 1 saturated heterocycles. The van der Waals surface area contributed by atoms with Crippen molar-refractivity contribution in [3.8, 4) is 0 Å². The minimum Gasteiger partial charge on any atom is -0.455 e. The molecule has 11 heteroatoms. The van der Waals surface area contributed by atoms with Crippen LogP contribution in [0.2, 0.25) is 0 Å². The molecule has 1 aromatic heterocycles. The fourth-order valence-corrected chi connectivity index (χ4v) is 6.54. The van der Waals surface area contributed by atoms with Crippen LogP contribution in [0, 0.1) is 0 Å². The molecule has 2 aromatic carbocycles. The van der Waals surface area contributed by atoms with Gasteiger partial charge < -0.3 is 9.64 Å². The van der Waals surface area contributed by atoms with Crippen LogP contribution in [0.1, 0.15) is 0 Å². The van der Waals surface area contributed by atoms with Gasteiger partial charge in [0.05, 0.1) is 20.9 Å². The number of hydrogen-bond acceptors (Lipinski definition) is 8. The molecule has 168 valence electrons. The number of carbonyl (C=O) groups is 2. The summed E-state index contributed by atoms with van der Waals surface area (Å²) in [5, 5.41) is 0. The van der Waals surface area contributed by atoms with Crippen molar-refractivity contribution in [2.45, 2.75) is 9.24 Å². The van der Waals surface area contributed by atoms with Crippen molar-refractivity contribution in [2.24, 2.45) is 0 Å². The van der Waals surface area contributed by atoms with Crippen LogP contribution in [-0.4, -0.2) is 73.0 Å². The Balaban J connectivity index is 1.21. The molecule has 1 fully saturated rings. The Bertz CT molecular complexity index is 1170. The van der Waals surface area contributed by atoms with E-state index in [2.05, 4.69) is 4.98 Å². The van der Waals surface area contributed by atoms with Gasteiger partial charge in [-0.1, -0.05) is 42.1 Å². The van der Waals surface area contributed by atoms with Crippen LogP contribution < -0.4 is 0 Å². The second-order valence-corrected chi connectivity index (χ2v) is 11.2. The molecule has 0 spiro atoms. The number of ether oxygens (including phenoxy) is 1. The quantitative estimate of drug-likeness (QED) is 0.370. The number of sulfonamides is 1. The van der Waals surface area contributed by atoms with Gasteiger partial charge in [0.1, 0.15) is 0 Å². The molecule has 1 aliphatic heterocycles. The number of carbonyl (C=O) groups excluding carboxylic acids is 2. The third kappa shape index (κ3) is 5.29. The smallest absolute Gasteiger partial charge is 0.316 e. The number of amides is 1. The van der Waals surface area contributed by atoms with Gasteiger partial charge in [-0.15, -0.1) is 11.3 Å². The lowest BCUT2D eigenvalue weighted by molar-refractivity contribution is -0.150. The first-order valence-corrected chi connectivity index (χ1v) is 13.1. The van der Waals surface area contributed by atoms with Crippen LogP contribution in [0.3, 0.4) is 0 Å². The summed E-state index contributed by atoms with van der Waals surface area (Å²) < 4.78 is 33.6. The standard InChI is InChI=1S/C21H21N3O5S3/c25-19(14-29-20(26)15-30-21-22-17-8-4-5-9-18(17)31-21)23-10-12-24(13-11-23)32(27,28)16-6-2-1-3-7-16/h1-9H,10-15H2. The second-order valence-electron chi connectivity index (χ2n) is 6.99. The van der Waals surface area contributed by atoms with E-state index in [9.17, 15) is 18.0 Å². The summed E-state index contributed by atoms with van der Waals surface area (Å²) in [6.07, 6.45) is 0. The van der Waals surface area contributed by atoms with Gasteiger partial charge in [0.15, 0.2) is 10.9 Å². The van der Waals surface area contributed by atoms with E-state index in [4.69, 9.17) is 4.74 Å². The van der Waals surface area contributed by atoms with Crippen molar-refractivity contribution in [1.29, 1.82) is 0 Å². The van der Waals surface area contributed by atoms with E-state index >= 15 is 0 Å². The Labute approximate surface area is 194 Å². The monoisotopic (exact) mass is 491 g/mol. The van der Waals surface area contributed by atoms with Gasteiger partial charge in [-0.05, 0) is 24.3 Å². The maximum Gasteiger partial charge on any atom is 0.316 e. The van der Waals surface area contributed by atoms with Gasteiger partial charge in [0, 0.05) is 26.2 Å². The van der Waals surface area contributed by atoms with E-state index in [1.165, 1.54) is 32.3 Å². The molecule has 0 N–H and O–H groups in total. The lowest BCUT2D eigenvalue weighted by Crippen LogP contribution is -2.51. The van der Waals surface area contributed by atoms with Crippen LogP contribution in [0.4, 0.5) is 0 Å². The van der Waals surface area contributed by atoms with Crippen LogP contribution in [-0.2, 0) is 24.3 Å². The molecule has 2 heterocycles. The predicted molar refractivity (Wildman–Crippen MR) is 123 cm³/mol. The summed E-state index contributed by atoms with van der Waals surface area (Å²) in [5.41, 5.74) is 0.886. The van der Waals surface area contributed by atoms with Gasteiger partial charge in [-0.2, -0.15) is 4.31 Å². The molecule has 0 aliphatic carbocycles. The summed E-state index contributed by atoms with van der Waals surface area (Å²) in [4.78, 5) is 30.6. The second kappa shape index (κ2) is 9.99. The largest absolute Gasteiger partial charge is 0.455 e. The number of benzene rings is 2.